The molecule has 6 heteroatoms. The molecule has 1 amide bonds. The van der Waals surface area contributed by atoms with Gasteiger partial charge in [-0.1, -0.05) is 20.8 Å². The summed E-state index contributed by atoms with van der Waals surface area (Å²) in [6, 6.07) is 6.18. The molecular weight excluding hydrogens is 433 g/mol. The molecule has 0 bridgehead atoms. The molecule has 2 atom stereocenters. The Kier molecular flexibility index (Phi) is 3.85. The molecule has 1 spiro atoms. The van der Waals surface area contributed by atoms with Crippen LogP contribution >= 0.6 is 22.6 Å². The van der Waals surface area contributed by atoms with E-state index in [1.54, 1.807) is 4.90 Å². The molecule has 3 heterocycles. The van der Waals surface area contributed by atoms with E-state index < -0.39 is 11.6 Å². The number of nitrogens with zero attached hydrogens (tertiary/aromatic N) is 1. The van der Waals surface area contributed by atoms with E-state index in [2.05, 4.69) is 55.5 Å². The quantitative estimate of drug-likeness (QED) is 0.590. The summed E-state index contributed by atoms with van der Waals surface area (Å²) in [7, 11) is 0. The lowest BCUT2D eigenvalue weighted by molar-refractivity contribution is -0.0666. The molecule has 1 N–H and O–H groups in total. The van der Waals surface area contributed by atoms with Crippen molar-refractivity contribution in [3.05, 3.63) is 33.1 Å². The van der Waals surface area contributed by atoms with Crippen LogP contribution in [0, 0.1) is 8.99 Å². The lowest BCUT2D eigenvalue weighted by atomic mass is 9.71. The number of halogens is 1. The molecule has 0 radical (unpaired) electrons. The summed E-state index contributed by atoms with van der Waals surface area (Å²) in [5, 5.41) is 11.0. The van der Waals surface area contributed by atoms with Crippen molar-refractivity contribution in [3.8, 4) is 0 Å². The van der Waals surface area contributed by atoms with Gasteiger partial charge in [0.25, 0.3) is 0 Å². The van der Waals surface area contributed by atoms with Crippen molar-refractivity contribution in [1.29, 1.82) is 0 Å². The summed E-state index contributed by atoms with van der Waals surface area (Å²) in [5.41, 5.74) is 1.03. The van der Waals surface area contributed by atoms with Crippen molar-refractivity contribution in [2.45, 2.75) is 45.3 Å². The highest BCUT2D eigenvalue weighted by Crippen LogP contribution is 2.53. The van der Waals surface area contributed by atoms with Crippen LogP contribution in [0.2, 0.25) is 0 Å². The van der Waals surface area contributed by atoms with E-state index in [-0.39, 0.29) is 11.5 Å². The lowest BCUT2D eigenvalue weighted by Crippen LogP contribution is -2.59. The van der Waals surface area contributed by atoms with Gasteiger partial charge in [0.15, 0.2) is 0 Å². The van der Waals surface area contributed by atoms with Gasteiger partial charge in [-0.2, -0.15) is 0 Å². The molecule has 0 saturated carbocycles. The standard InChI is InChI=1S/C19H22INO4/c1-18(2,3)16-19(7-9-24-16)15-13(6-8-21(19)17(22)23)12-5-4-11(20)10-14(12)25-15/h4-5,10,16H,6-9H2,1-3H3,(H,22,23). The Balaban J connectivity index is 2.00. The maximum absolute atomic E-state index is 12.1. The van der Waals surface area contributed by atoms with E-state index in [0.717, 1.165) is 25.9 Å². The highest BCUT2D eigenvalue weighted by atomic mass is 127. The number of fused-ring (bicyclic) bond motifs is 4. The number of carbonyl (C=O) groups is 1. The summed E-state index contributed by atoms with van der Waals surface area (Å²) in [6.45, 7) is 7.32. The summed E-state index contributed by atoms with van der Waals surface area (Å²) < 4.78 is 13.5. The fourth-order valence-electron chi connectivity index (χ4n) is 4.61. The van der Waals surface area contributed by atoms with Crippen molar-refractivity contribution < 1.29 is 19.1 Å². The number of rotatable bonds is 0. The first-order valence-electron chi connectivity index (χ1n) is 8.59. The van der Waals surface area contributed by atoms with Gasteiger partial charge in [0, 0.05) is 34.1 Å². The van der Waals surface area contributed by atoms with E-state index >= 15 is 0 Å². The zero-order valence-corrected chi connectivity index (χ0v) is 16.8. The summed E-state index contributed by atoms with van der Waals surface area (Å²) in [4.78, 5) is 13.7. The molecule has 4 rings (SSSR count). The van der Waals surface area contributed by atoms with Crippen LogP contribution in [0.4, 0.5) is 4.79 Å². The lowest BCUT2D eigenvalue weighted by Gasteiger charge is -2.48. The van der Waals surface area contributed by atoms with Crippen LogP contribution in [-0.2, 0) is 16.7 Å². The molecule has 0 aliphatic carbocycles. The molecule has 25 heavy (non-hydrogen) atoms. The molecular formula is C19H22INO4. The Morgan fingerprint density at radius 2 is 2.16 bits per heavy atom. The van der Waals surface area contributed by atoms with Crippen molar-refractivity contribution in [3.63, 3.8) is 0 Å². The average Bonchev–Trinajstić information content (AvgIpc) is 3.09. The molecule has 2 aromatic rings. The number of benzene rings is 1. The van der Waals surface area contributed by atoms with Crippen LogP contribution in [0.15, 0.2) is 22.6 Å². The normalized spacial score (nSPS) is 26.4. The van der Waals surface area contributed by atoms with E-state index in [1.807, 2.05) is 6.07 Å². The fourth-order valence-corrected chi connectivity index (χ4v) is 5.07. The summed E-state index contributed by atoms with van der Waals surface area (Å²) >= 11 is 2.27. The monoisotopic (exact) mass is 455 g/mol. The first-order valence-corrected chi connectivity index (χ1v) is 9.66. The van der Waals surface area contributed by atoms with E-state index in [4.69, 9.17) is 9.15 Å². The first kappa shape index (κ1) is 17.1. The van der Waals surface area contributed by atoms with Gasteiger partial charge in [0.2, 0.25) is 0 Å². The fraction of sp³-hybridized carbons (Fsp3) is 0.526. The third kappa shape index (κ3) is 2.40. The highest BCUT2D eigenvalue weighted by Gasteiger charge is 2.60. The van der Waals surface area contributed by atoms with Crippen molar-refractivity contribution in [2.24, 2.45) is 5.41 Å². The van der Waals surface area contributed by atoms with E-state index in [0.29, 0.717) is 26.0 Å². The molecule has 1 aromatic heterocycles. The third-order valence-corrected chi connectivity index (χ3v) is 6.11. The van der Waals surface area contributed by atoms with Gasteiger partial charge >= 0.3 is 6.09 Å². The smallest absolute Gasteiger partial charge is 0.408 e. The Morgan fingerprint density at radius 1 is 1.40 bits per heavy atom. The zero-order chi connectivity index (χ0) is 18.0. The molecule has 2 aliphatic heterocycles. The molecule has 1 saturated heterocycles. The van der Waals surface area contributed by atoms with Gasteiger partial charge in [0.1, 0.15) is 16.9 Å². The van der Waals surface area contributed by atoms with Gasteiger partial charge in [-0.25, -0.2) is 4.79 Å². The van der Waals surface area contributed by atoms with Crippen LogP contribution in [0.1, 0.15) is 38.5 Å². The first-order chi connectivity index (χ1) is 11.7. The van der Waals surface area contributed by atoms with Crippen molar-refractivity contribution in [1.82, 2.24) is 4.90 Å². The zero-order valence-electron chi connectivity index (χ0n) is 14.6. The Hall–Kier alpha value is -1.28. The Bertz CT molecular complexity index is 853. The minimum atomic E-state index is -0.902. The molecule has 1 aromatic carbocycles. The largest absolute Gasteiger partial charge is 0.465 e. The maximum Gasteiger partial charge on any atom is 0.408 e. The minimum absolute atomic E-state index is 0.202. The average molecular weight is 455 g/mol. The molecule has 134 valence electrons. The van der Waals surface area contributed by atoms with E-state index in [9.17, 15) is 9.90 Å². The number of ether oxygens (including phenoxy) is 1. The van der Waals surface area contributed by atoms with Gasteiger partial charge in [-0.3, -0.25) is 4.90 Å². The molecule has 2 unspecified atom stereocenters. The second-order valence-electron chi connectivity index (χ2n) is 8.03. The van der Waals surface area contributed by atoms with Crippen LogP contribution < -0.4 is 0 Å². The number of hydrogen-bond acceptors (Lipinski definition) is 3. The van der Waals surface area contributed by atoms with Crippen LogP contribution in [0.3, 0.4) is 0 Å². The topological polar surface area (TPSA) is 62.9 Å². The van der Waals surface area contributed by atoms with Gasteiger partial charge in [-0.15, -0.1) is 0 Å². The van der Waals surface area contributed by atoms with Crippen molar-refractivity contribution >= 4 is 39.7 Å². The number of amides is 1. The molecule has 5 nitrogen and oxygen atoms in total. The van der Waals surface area contributed by atoms with Gasteiger partial charge in [0.05, 0.1) is 6.10 Å². The SMILES string of the molecule is CC(C)(C)C1OCCC12c1oc3cc(I)ccc3c1CCN2C(=O)O. The predicted octanol–water partition coefficient (Wildman–Crippen LogP) is 4.60. The maximum atomic E-state index is 12.1. The van der Waals surface area contributed by atoms with Crippen LogP contribution in [0.5, 0.6) is 0 Å². The summed E-state index contributed by atoms with van der Waals surface area (Å²) in [5.74, 6) is 0.788. The second kappa shape index (κ2) is 5.61. The van der Waals surface area contributed by atoms with Crippen molar-refractivity contribution in [2.75, 3.05) is 13.2 Å². The summed E-state index contributed by atoms with van der Waals surface area (Å²) in [6.07, 6.45) is 0.161. The van der Waals surface area contributed by atoms with Crippen LogP contribution in [0.25, 0.3) is 11.0 Å². The Morgan fingerprint density at radius 3 is 2.84 bits per heavy atom. The highest BCUT2D eigenvalue weighted by molar-refractivity contribution is 14.1. The second-order valence-corrected chi connectivity index (χ2v) is 9.27. The molecule has 2 aliphatic rings. The third-order valence-electron chi connectivity index (χ3n) is 5.43. The van der Waals surface area contributed by atoms with E-state index in [1.165, 1.54) is 0 Å². The van der Waals surface area contributed by atoms with Gasteiger partial charge in [-0.05, 0) is 52.6 Å². The minimum Gasteiger partial charge on any atom is -0.465 e. The Labute approximate surface area is 160 Å². The number of carboxylic acid groups (broad SMARTS) is 1. The van der Waals surface area contributed by atoms with Gasteiger partial charge < -0.3 is 14.3 Å². The predicted molar refractivity (Wildman–Crippen MR) is 103 cm³/mol. The number of hydrogen-bond donors (Lipinski definition) is 1. The van der Waals surface area contributed by atoms with Crippen LogP contribution in [-0.4, -0.2) is 35.4 Å². The molecule has 1 fully saturated rings. The number of furan rings is 1.